The molecule has 0 radical (unpaired) electrons. The predicted octanol–water partition coefficient (Wildman–Crippen LogP) is 10.0. The molecule has 0 atom stereocenters. The number of fused-ring (bicyclic) bond motifs is 6. The fourth-order valence-corrected chi connectivity index (χ4v) is 6.79. The van der Waals surface area contributed by atoms with Gasteiger partial charge in [-0.05, 0) is 60.7 Å². The summed E-state index contributed by atoms with van der Waals surface area (Å²) in [6, 6.07) is 47.2. The second-order valence-electron chi connectivity index (χ2n) is 9.70. The SMILES string of the molecule is c1ccc(N(c2ccccc2)c2cnc3c4cc5c(cc4n(-c4ccccc4)c3c2)sc2ccccc25)cc1. The van der Waals surface area contributed by atoms with E-state index in [-0.39, 0.29) is 0 Å². The number of nitrogens with zero attached hydrogens (tertiary/aromatic N) is 3. The summed E-state index contributed by atoms with van der Waals surface area (Å²) in [5.74, 6) is 0. The highest BCUT2D eigenvalue weighted by Crippen LogP contribution is 2.42. The van der Waals surface area contributed by atoms with Crippen molar-refractivity contribution < 1.29 is 0 Å². The topological polar surface area (TPSA) is 21.1 Å². The number of aromatic nitrogens is 2. The Balaban J connectivity index is 1.45. The van der Waals surface area contributed by atoms with Crippen molar-refractivity contribution in [1.82, 2.24) is 9.55 Å². The molecule has 0 aliphatic rings. The van der Waals surface area contributed by atoms with Crippen molar-refractivity contribution in [3.8, 4) is 5.69 Å². The van der Waals surface area contributed by atoms with Crippen LogP contribution in [0.4, 0.5) is 17.1 Å². The molecular formula is C35H23N3S. The van der Waals surface area contributed by atoms with Gasteiger partial charge in [0.15, 0.2) is 0 Å². The number of thiophene rings is 1. The molecule has 8 rings (SSSR count). The molecule has 0 aliphatic heterocycles. The van der Waals surface area contributed by atoms with Crippen LogP contribution in [0.25, 0.3) is 47.8 Å². The zero-order valence-corrected chi connectivity index (χ0v) is 21.8. The molecule has 3 aromatic heterocycles. The van der Waals surface area contributed by atoms with E-state index in [1.807, 2.05) is 17.5 Å². The monoisotopic (exact) mass is 517 g/mol. The van der Waals surface area contributed by atoms with Crippen molar-refractivity contribution in [1.29, 1.82) is 0 Å². The van der Waals surface area contributed by atoms with E-state index in [0.29, 0.717) is 0 Å². The third-order valence-corrected chi connectivity index (χ3v) is 8.52. The Bertz CT molecular complexity index is 2070. The second kappa shape index (κ2) is 8.83. The van der Waals surface area contributed by atoms with Crippen LogP contribution in [0.3, 0.4) is 0 Å². The lowest BCUT2D eigenvalue weighted by atomic mass is 10.1. The lowest BCUT2D eigenvalue weighted by molar-refractivity contribution is 1.17. The Hall–Kier alpha value is -4.93. The number of rotatable bonds is 4. The molecular weight excluding hydrogens is 494 g/mol. The van der Waals surface area contributed by atoms with E-state index in [0.717, 1.165) is 33.8 Å². The molecule has 4 heteroatoms. The number of hydrogen-bond donors (Lipinski definition) is 0. The summed E-state index contributed by atoms with van der Waals surface area (Å²) in [5, 5.41) is 3.76. The molecule has 0 aliphatic carbocycles. The highest BCUT2D eigenvalue weighted by atomic mass is 32.1. The molecule has 0 N–H and O–H groups in total. The lowest BCUT2D eigenvalue weighted by Crippen LogP contribution is -2.10. The van der Waals surface area contributed by atoms with Gasteiger partial charge in [0.2, 0.25) is 0 Å². The van der Waals surface area contributed by atoms with Crippen LogP contribution in [-0.2, 0) is 0 Å². The van der Waals surface area contributed by atoms with Gasteiger partial charge in [-0.3, -0.25) is 4.98 Å². The van der Waals surface area contributed by atoms with Crippen molar-refractivity contribution in [3.05, 3.63) is 140 Å². The Labute approximate surface area is 229 Å². The highest BCUT2D eigenvalue weighted by molar-refractivity contribution is 7.25. The van der Waals surface area contributed by atoms with Gasteiger partial charge in [-0.25, -0.2) is 0 Å². The van der Waals surface area contributed by atoms with Crippen LogP contribution in [0.15, 0.2) is 140 Å². The first-order valence-electron chi connectivity index (χ1n) is 13.1. The smallest absolute Gasteiger partial charge is 0.0965 e. The van der Waals surface area contributed by atoms with Gasteiger partial charge in [0.1, 0.15) is 0 Å². The van der Waals surface area contributed by atoms with Gasteiger partial charge in [0.05, 0.1) is 28.4 Å². The van der Waals surface area contributed by atoms with Gasteiger partial charge < -0.3 is 9.47 Å². The summed E-state index contributed by atoms with van der Waals surface area (Å²) in [6.45, 7) is 0. The van der Waals surface area contributed by atoms with Crippen LogP contribution in [0.5, 0.6) is 0 Å². The Kier molecular flexibility index (Phi) is 5.00. The van der Waals surface area contributed by atoms with Crippen LogP contribution in [-0.4, -0.2) is 9.55 Å². The Morgan fingerprint density at radius 1 is 0.513 bits per heavy atom. The first-order chi connectivity index (χ1) is 19.3. The maximum absolute atomic E-state index is 5.14. The molecule has 0 fully saturated rings. The predicted molar refractivity (Wildman–Crippen MR) is 166 cm³/mol. The number of para-hydroxylation sites is 3. The van der Waals surface area contributed by atoms with E-state index in [1.54, 1.807) is 0 Å². The average Bonchev–Trinajstić information content (AvgIpc) is 3.52. The normalized spacial score (nSPS) is 11.6. The minimum absolute atomic E-state index is 1.01. The summed E-state index contributed by atoms with van der Waals surface area (Å²) in [7, 11) is 0. The molecule has 3 nitrogen and oxygen atoms in total. The molecule has 0 spiro atoms. The summed E-state index contributed by atoms with van der Waals surface area (Å²) in [5.41, 5.74) is 7.61. The maximum Gasteiger partial charge on any atom is 0.0965 e. The zero-order chi connectivity index (χ0) is 25.8. The number of hydrogen-bond acceptors (Lipinski definition) is 3. The molecule has 3 heterocycles. The van der Waals surface area contributed by atoms with Crippen molar-refractivity contribution in [3.63, 3.8) is 0 Å². The van der Waals surface area contributed by atoms with E-state index in [2.05, 4.69) is 143 Å². The van der Waals surface area contributed by atoms with Gasteiger partial charge in [-0.2, -0.15) is 0 Å². The number of benzene rings is 5. The molecule has 8 aromatic rings. The van der Waals surface area contributed by atoms with Crippen molar-refractivity contribution in [2.24, 2.45) is 0 Å². The molecule has 39 heavy (non-hydrogen) atoms. The van der Waals surface area contributed by atoms with Gasteiger partial charge in [-0.1, -0.05) is 72.8 Å². The van der Waals surface area contributed by atoms with Gasteiger partial charge >= 0.3 is 0 Å². The van der Waals surface area contributed by atoms with E-state index in [4.69, 9.17) is 4.98 Å². The molecule has 0 unspecified atom stereocenters. The number of anilines is 3. The van der Waals surface area contributed by atoms with E-state index in [9.17, 15) is 0 Å². The van der Waals surface area contributed by atoms with Gasteiger partial charge in [-0.15, -0.1) is 11.3 Å². The number of pyridine rings is 1. The van der Waals surface area contributed by atoms with E-state index >= 15 is 0 Å². The molecule has 184 valence electrons. The molecule has 0 bridgehead atoms. The maximum atomic E-state index is 5.14. The standard InChI is InChI=1S/C35H23N3S/c1-4-12-24(13-5-1)37(25-14-6-2-7-15-25)27-20-32-35(36-23-27)30-21-29-28-18-10-11-19-33(28)39-34(29)22-31(30)38(32)26-16-8-3-9-17-26/h1-23H. The fraction of sp³-hybridized carbons (Fsp3) is 0. The Morgan fingerprint density at radius 2 is 1.15 bits per heavy atom. The van der Waals surface area contributed by atoms with Gasteiger partial charge in [0, 0.05) is 42.6 Å². The summed E-state index contributed by atoms with van der Waals surface area (Å²) >= 11 is 1.85. The summed E-state index contributed by atoms with van der Waals surface area (Å²) in [4.78, 5) is 7.41. The molecule has 0 saturated heterocycles. The van der Waals surface area contributed by atoms with Gasteiger partial charge in [0.25, 0.3) is 0 Å². The first-order valence-corrected chi connectivity index (χ1v) is 13.9. The zero-order valence-electron chi connectivity index (χ0n) is 21.0. The largest absolute Gasteiger partial charge is 0.309 e. The highest BCUT2D eigenvalue weighted by Gasteiger charge is 2.19. The minimum atomic E-state index is 1.01. The van der Waals surface area contributed by atoms with Crippen LogP contribution in [0.1, 0.15) is 0 Å². The van der Waals surface area contributed by atoms with E-state index in [1.165, 1.54) is 31.1 Å². The van der Waals surface area contributed by atoms with E-state index < -0.39 is 0 Å². The van der Waals surface area contributed by atoms with Crippen molar-refractivity contribution in [2.75, 3.05) is 4.90 Å². The molecule has 0 amide bonds. The first kappa shape index (κ1) is 22.1. The van der Waals surface area contributed by atoms with Crippen LogP contribution < -0.4 is 4.90 Å². The third kappa shape index (κ3) is 3.53. The third-order valence-electron chi connectivity index (χ3n) is 7.39. The molecule has 0 saturated carbocycles. The summed E-state index contributed by atoms with van der Waals surface area (Å²) in [6.07, 6.45) is 2.01. The quantitative estimate of drug-likeness (QED) is 0.232. The average molecular weight is 518 g/mol. The van der Waals surface area contributed by atoms with Crippen LogP contribution in [0, 0.1) is 0 Å². The summed E-state index contributed by atoms with van der Waals surface area (Å²) < 4.78 is 4.96. The minimum Gasteiger partial charge on any atom is -0.309 e. The van der Waals surface area contributed by atoms with Crippen LogP contribution in [0.2, 0.25) is 0 Å². The van der Waals surface area contributed by atoms with Crippen LogP contribution >= 0.6 is 11.3 Å². The van der Waals surface area contributed by atoms with Crippen molar-refractivity contribution >= 4 is 70.5 Å². The lowest BCUT2D eigenvalue weighted by Gasteiger charge is -2.25. The molecule has 5 aromatic carbocycles. The second-order valence-corrected chi connectivity index (χ2v) is 10.8. The Morgan fingerprint density at radius 3 is 1.87 bits per heavy atom. The van der Waals surface area contributed by atoms with Crippen molar-refractivity contribution in [2.45, 2.75) is 0 Å². The fourth-order valence-electron chi connectivity index (χ4n) is 5.66.